The number of rotatable bonds is 6. The second-order valence-corrected chi connectivity index (χ2v) is 4.97. The molecule has 0 aromatic heterocycles. The highest BCUT2D eigenvalue weighted by Crippen LogP contribution is 2.23. The van der Waals surface area contributed by atoms with Crippen LogP contribution in [0.15, 0.2) is 42.5 Å². The Balaban J connectivity index is 2.28. The maximum absolute atomic E-state index is 13.8. The Labute approximate surface area is 122 Å². The van der Waals surface area contributed by atoms with Gasteiger partial charge in [-0.15, -0.1) is 0 Å². The van der Waals surface area contributed by atoms with Crippen molar-refractivity contribution in [3.63, 3.8) is 0 Å². The summed E-state index contributed by atoms with van der Waals surface area (Å²) < 4.78 is 40.9. The number of benzene rings is 2. The van der Waals surface area contributed by atoms with Crippen LogP contribution in [-0.2, 0) is 6.42 Å². The standard InChI is InChI=1S/C17H18F3N/c1-2-9-21-17(12-5-3-6-13(18)10-12)11-14-15(19)7-4-8-16(14)20/h3-8,10,17,21H,2,9,11H2,1H3. The first-order chi connectivity index (χ1) is 10.1. The lowest BCUT2D eigenvalue weighted by molar-refractivity contribution is 0.488. The van der Waals surface area contributed by atoms with Gasteiger partial charge in [-0.2, -0.15) is 0 Å². The molecule has 0 fully saturated rings. The molecule has 0 spiro atoms. The van der Waals surface area contributed by atoms with Crippen LogP contribution in [0.25, 0.3) is 0 Å². The lowest BCUT2D eigenvalue weighted by atomic mass is 9.98. The number of hydrogen-bond acceptors (Lipinski definition) is 1. The van der Waals surface area contributed by atoms with Crippen molar-refractivity contribution in [1.29, 1.82) is 0 Å². The molecule has 0 aliphatic rings. The molecule has 0 aliphatic heterocycles. The molecule has 21 heavy (non-hydrogen) atoms. The first kappa shape index (κ1) is 15.6. The Morgan fingerprint density at radius 2 is 1.67 bits per heavy atom. The number of hydrogen-bond donors (Lipinski definition) is 1. The van der Waals surface area contributed by atoms with Gasteiger partial charge in [0.2, 0.25) is 0 Å². The van der Waals surface area contributed by atoms with Crippen LogP contribution in [-0.4, -0.2) is 6.54 Å². The molecule has 4 heteroatoms. The lowest BCUT2D eigenvalue weighted by Gasteiger charge is -2.20. The zero-order valence-electron chi connectivity index (χ0n) is 11.9. The summed E-state index contributed by atoms with van der Waals surface area (Å²) in [6.45, 7) is 2.69. The third-order valence-corrected chi connectivity index (χ3v) is 3.36. The summed E-state index contributed by atoms with van der Waals surface area (Å²) in [5.41, 5.74) is 0.710. The zero-order valence-corrected chi connectivity index (χ0v) is 11.9. The van der Waals surface area contributed by atoms with Crippen molar-refractivity contribution in [2.45, 2.75) is 25.8 Å². The summed E-state index contributed by atoms with van der Waals surface area (Å²) in [5.74, 6) is -1.51. The molecule has 1 N–H and O–H groups in total. The largest absolute Gasteiger partial charge is 0.310 e. The van der Waals surface area contributed by atoms with Gasteiger partial charge in [-0.1, -0.05) is 25.1 Å². The minimum Gasteiger partial charge on any atom is -0.310 e. The van der Waals surface area contributed by atoms with Crippen LogP contribution in [0.3, 0.4) is 0 Å². The average molecular weight is 293 g/mol. The predicted octanol–water partition coefficient (Wildman–Crippen LogP) is 4.39. The van der Waals surface area contributed by atoms with E-state index >= 15 is 0 Å². The van der Waals surface area contributed by atoms with Crippen molar-refractivity contribution in [3.05, 3.63) is 71.0 Å². The topological polar surface area (TPSA) is 12.0 Å². The Morgan fingerprint density at radius 3 is 2.29 bits per heavy atom. The highest BCUT2D eigenvalue weighted by molar-refractivity contribution is 5.26. The van der Waals surface area contributed by atoms with Gasteiger partial charge in [0.15, 0.2) is 0 Å². The Kier molecular flexibility index (Phi) is 5.39. The molecule has 0 amide bonds. The molecule has 112 valence electrons. The summed E-state index contributed by atoms with van der Waals surface area (Å²) in [7, 11) is 0. The summed E-state index contributed by atoms with van der Waals surface area (Å²) in [5, 5.41) is 3.22. The van der Waals surface area contributed by atoms with E-state index in [1.807, 2.05) is 6.92 Å². The zero-order chi connectivity index (χ0) is 15.2. The number of nitrogens with one attached hydrogen (secondary N) is 1. The summed E-state index contributed by atoms with van der Waals surface area (Å²) in [4.78, 5) is 0. The third kappa shape index (κ3) is 4.08. The van der Waals surface area contributed by atoms with Crippen molar-refractivity contribution in [3.8, 4) is 0 Å². The fourth-order valence-corrected chi connectivity index (χ4v) is 2.28. The molecule has 2 aromatic rings. The highest BCUT2D eigenvalue weighted by Gasteiger charge is 2.17. The van der Waals surface area contributed by atoms with Gasteiger partial charge in [0.1, 0.15) is 17.5 Å². The molecule has 0 saturated heterocycles. The molecular formula is C17H18F3N. The molecule has 2 rings (SSSR count). The monoisotopic (exact) mass is 293 g/mol. The Hall–Kier alpha value is -1.81. The molecule has 0 radical (unpaired) electrons. The van der Waals surface area contributed by atoms with Crippen molar-refractivity contribution in [1.82, 2.24) is 5.32 Å². The Morgan fingerprint density at radius 1 is 1.00 bits per heavy atom. The fraction of sp³-hybridized carbons (Fsp3) is 0.294. The van der Waals surface area contributed by atoms with Gasteiger partial charge in [-0.3, -0.25) is 0 Å². The van der Waals surface area contributed by atoms with Crippen molar-refractivity contribution < 1.29 is 13.2 Å². The van der Waals surface area contributed by atoms with Crippen LogP contribution in [0, 0.1) is 17.5 Å². The predicted molar refractivity (Wildman–Crippen MR) is 77.5 cm³/mol. The van der Waals surface area contributed by atoms with Crippen LogP contribution < -0.4 is 5.32 Å². The molecule has 0 aliphatic carbocycles. The molecular weight excluding hydrogens is 275 g/mol. The van der Waals surface area contributed by atoms with Crippen LogP contribution in [0.1, 0.15) is 30.5 Å². The van der Waals surface area contributed by atoms with Gasteiger partial charge < -0.3 is 5.32 Å². The summed E-state index contributed by atoms with van der Waals surface area (Å²) in [6.07, 6.45) is 1.02. The fourth-order valence-electron chi connectivity index (χ4n) is 2.28. The molecule has 0 bridgehead atoms. The minimum atomic E-state index is -0.574. The molecule has 0 heterocycles. The molecule has 1 atom stereocenters. The van der Waals surface area contributed by atoms with Crippen molar-refractivity contribution >= 4 is 0 Å². The maximum Gasteiger partial charge on any atom is 0.129 e. The number of halogens is 3. The minimum absolute atomic E-state index is 0.0235. The van der Waals surface area contributed by atoms with Crippen LogP contribution in [0.5, 0.6) is 0 Å². The van der Waals surface area contributed by atoms with Crippen LogP contribution in [0.2, 0.25) is 0 Å². The van der Waals surface area contributed by atoms with E-state index in [9.17, 15) is 13.2 Å². The van der Waals surface area contributed by atoms with E-state index in [-0.39, 0.29) is 23.8 Å². The second kappa shape index (κ2) is 7.27. The van der Waals surface area contributed by atoms with Gasteiger partial charge in [0.25, 0.3) is 0 Å². The second-order valence-electron chi connectivity index (χ2n) is 4.97. The van der Waals surface area contributed by atoms with Crippen molar-refractivity contribution in [2.24, 2.45) is 0 Å². The normalized spacial score (nSPS) is 12.4. The first-order valence-electron chi connectivity index (χ1n) is 7.03. The van der Waals surface area contributed by atoms with E-state index < -0.39 is 11.6 Å². The van der Waals surface area contributed by atoms with Crippen LogP contribution >= 0.6 is 0 Å². The van der Waals surface area contributed by atoms with E-state index in [0.717, 1.165) is 6.42 Å². The quantitative estimate of drug-likeness (QED) is 0.833. The lowest BCUT2D eigenvalue weighted by Crippen LogP contribution is -2.25. The van der Waals surface area contributed by atoms with E-state index in [1.165, 1.54) is 30.3 Å². The molecule has 2 aromatic carbocycles. The summed E-state index contributed by atoms with van der Waals surface area (Å²) >= 11 is 0. The SMILES string of the molecule is CCCNC(Cc1c(F)cccc1F)c1cccc(F)c1. The third-order valence-electron chi connectivity index (χ3n) is 3.36. The van der Waals surface area contributed by atoms with Crippen LogP contribution in [0.4, 0.5) is 13.2 Å². The van der Waals surface area contributed by atoms with Gasteiger partial charge >= 0.3 is 0 Å². The maximum atomic E-state index is 13.8. The van der Waals surface area contributed by atoms with E-state index in [1.54, 1.807) is 12.1 Å². The van der Waals surface area contributed by atoms with Crippen molar-refractivity contribution in [2.75, 3.05) is 6.54 Å². The van der Waals surface area contributed by atoms with E-state index in [0.29, 0.717) is 12.1 Å². The van der Waals surface area contributed by atoms with Gasteiger partial charge in [-0.05, 0) is 49.2 Å². The van der Waals surface area contributed by atoms with Gasteiger partial charge in [0, 0.05) is 11.6 Å². The smallest absolute Gasteiger partial charge is 0.129 e. The molecule has 0 saturated carbocycles. The first-order valence-corrected chi connectivity index (χ1v) is 7.03. The van der Waals surface area contributed by atoms with Gasteiger partial charge in [-0.25, -0.2) is 13.2 Å². The Bertz CT molecular complexity index is 578. The van der Waals surface area contributed by atoms with Gasteiger partial charge in [0.05, 0.1) is 0 Å². The summed E-state index contributed by atoms with van der Waals surface area (Å²) in [6, 6.07) is 9.59. The van der Waals surface area contributed by atoms with E-state index in [4.69, 9.17) is 0 Å². The molecule has 1 unspecified atom stereocenters. The molecule has 1 nitrogen and oxygen atoms in total. The highest BCUT2D eigenvalue weighted by atomic mass is 19.1. The average Bonchev–Trinajstić information content (AvgIpc) is 2.46. The van der Waals surface area contributed by atoms with E-state index in [2.05, 4.69) is 5.32 Å².